The number of aromatic nitrogens is 1. The Morgan fingerprint density at radius 2 is 2.32 bits per heavy atom. The normalized spacial score (nSPS) is 20.5. The molecule has 0 aliphatic carbocycles. The number of nitrogens with one attached hydrogen (secondary N) is 2. The molecule has 19 heavy (non-hydrogen) atoms. The van der Waals surface area contributed by atoms with E-state index in [0.29, 0.717) is 11.3 Å². The number of aromatic amines is 1. The van der Waals surface area contributed by atoms with Gasteiger partial charge >= 0.3 is 0 Å². The minimum atomic E-state index is 0.442. The summed E-state index contributed by atoms with van der Waals surface area (Å²) >= 11 is 8.06. The van der Waals surface area contributed by atoms with E-state index < -0.39 is 0 Å². The Balaban J connectivity index is 2.02. The highest BCUT2D eigenvalue weighted by Crippen LogP contribution is 2.34. The first kappa shape index (κ1) is 13.3. The van der Waals surface area contributed by atoms with Gasteiger partial charge in [-0.3, -0.25) is 0 Å². The molecule has 2 nitrogen and oxygen atoms in total. The molecule has 0 bridgehead atoms. The van der Waals surface area contributed by atoms with Crippen molar-refractivity contribution >= 4 is 34.3 Å². The number of hydrogen-bond donors (Lipinski definition) is 2. The van der Waals surface area contributed by atoms with Crippen molar-refractivity contribution in [2.75, 3.05) is 12.8 Å². The zero-order valence-electron chi connectivity index (χ0n) is 11.3. The van der Waals surface area contributed by atoms with Crippen LogP contribution in [-0.2, 0) is 6.42 Å². The summed E-state index contributed by atoms with van der Waals surface area (Å²) < 4.78 is 0. The maximum Gasteiger partial charge on any atom is 0.0486 e. The van der Waals surface area contributed by atoms with Crippen LogP contribution >= 0.6 is 23.4 Å². The third-order valence-electron chi connectivity index (χ3n) is 3.99. The van der Waals surface area contributed by atoms with Gasteiger partial charge in [-0.2, -0.15) is 11.8 Å². The van der Waals surface area contributed by atoms with E-state index in [9.17, 15) is 0 Å². The van der Waals surface area contributed by atoms with Crippen molar-refractivity contribution < 1.29 is 0 Å². The van der Waals surface area contributed by atoms with E-state index in [1.54, 1.807) is 0 Å². The highest BCUT2D eigenvalue weighted by Gasteiger charge is 2.25. The predicted molar refractivity (Wildman–Crippen MR) is 85.4 cm³/mol. The molecule has 0 spiro atoms. The first-order valence-corrected chi connectivity index (χ1v) is 8.42. The van der Waals surface area contributed by atoms with Gasteiger partial charge in [0.1, 0.15) is 0 Å². The molecule has 2 aromatic rings. The second kappa shape index (κ2) is 5.39. The van der Waals surface area contributed by atoms with Crippen LogP contribution in [0, 0.1) is 0 Å². The van der Waals surface area contributed by atoms with Gasteiger partial charge in [-0.1, -0.05) is 18.5 Å². The van der Waals surface area contributed by atoms with Gasteiger partial charge in [0.2, 0.25) is 0 Å². The number of rotatable bonds is 3. The molecule has 1 aliphatic heterocycles. The molecule has 2 unspecified atom stereocenters. The van der Waals surface area contributed by atoms with Gasteiger partial charge in [0.15, 0.2) is 0 Å². The van der Waals surface area contributed by atoms with Crippen LogP contribution < -0.4 is 5.32 Å². The Kier molecular flexibility index (Phi) is 3.79. The van der Waals surface area contributed by atoms with Crippen LogP contribution in [0.2, 0.25) is 5.02 Å². The lowest BCUT2D eigenvalue weighted by molar-refractivity contribution is 0.468. The Morgan fingerprint density at radius 1 is 1.47 bits per heavy atom. The van der Waals surface area contributed by atoms with E-state index in [1.807, 2.05) is 17.8 Å². The fourth-order valence-electron chi connectivity index (χ4n) is 2.91. The minimum absolute atomic E-state index is 0.442. The summed E-state index contributed by atoms with van der Waals surface area (Å²) in [6, 6.07) is 6.58. The lowest BCUT2D eigenvalue weighted by atomic mass is 9.96. The van der Waals surface area contributed by atoms with Gasteiger partial charge in [0.05, 0.1) is 0 Å². The molecule has 4 heteroatoms. The fourth-order valence-corrected chi connectivity index (χ4v) is 3.47. The molecular formula is C15H19ClN2S. The maximum atomic E-state index is 6.13. The van der Waals surface area contributed by atoms with E-state index >= 15 is 0 Å². The molecule has 102 valence electrons. The van der Waals surface area contributed by atoms with Gasteiger partial charge in [0.25, 0.3) is 0 Å². The fraction of sp³-hybridized carbons (Fsp3) is 0.467. The predicted octanol–water partition coefficient (Wildman–Crippen LogP) is 4.15. The first-order chi connectivity index (χ1) is 9.19. The molecule has 0 fully saturated rings. The smallest absolute Gasteiger partial charge is 0.0486 e. The van der Waals surface area contributed by atoms with E-state index in [0.717, 1.165) is 24.4 Å². The van der Waals surface area contributed by atoms with E-state index in [1.165, 1.54) is 22.2 Å². The van der Waals surface area contributed by atoms with Crippen LogP contribution in [0.15, 0.2) is 18.2 Å². The number of halogens is 1. The Bertz CT molecular complexity index is 593. The van der Waals surface area contributed by atoms with E-state index in [-0.39, 0.29) is 0 Å². The summed E-state index contributed by atoms with van der Waals surface area (Å²) in [4.78, 5) is 3.59. The number of H-pyrrole nitrogens is 1. The van der Waals surface area contributed by atoms with Gasteiger partial charge in [-0.25, -0.2) is 0 Å². The van der Waals surface area contributed by atoms with Crippen molar-refractivity contribution in [3.8, 4) is 0 Å². The van der Waals surface area contributed by atoms with E-state index in [2.05, 4.69) is 35.6 Å². The molecule has 2 atom stereocenters. The van der Waals surface area contributed by atoms with Crippen molar-refractivity contribution in [3.63, 3.8) is 0 Å². The summed E-state index contributed by atoms with van der Waals surface area (Å²) in [6.07, 6.45) is 4.42. The SMILES string of the molecule is CSC(C)CC1NCCc2c1[nH]c1ccc(Cl)cc21. The molecule has 0 amide bonds. The molecule has 0 radical (unpaired) electrons. The molecular weight excluding hydrogens is 276 g/mol. The van der Waals surface area contributed by atoms with Gasteiger partial charge in [-0.05, 0) is 49.4 Å². The first-order valence-electron chi connectivity index (χ1n) is 6.75. The highest BCUT2D eigenvalue weighted by molar-refractivity contribution is 7.99. The highest BCUT2D eigenvalue weighted by atomic mass is 35.5. The van der Waals surface area contributed by atoms with Crippen LogP contribution in [-0.4, -0.2) is 23.0 Å². The van der Waals surface area contributed by atoms with Crippen molar-refractivity contribution in [2.24, 2.45) is 0 Å². The summed E-state index contributed by atoms with van der Waals surface area (Å²) in [5, 5.41) is 6.42. The summed E-state index contributed by atoms with van der Waals surface area (Å²) in [5.74, 6) is 0. The monoisotopic (exact) mass is 294 g/mol. The van der Waals surface area contributed by atoms with Crippen LogP contribution in [0.3, 0.4) is 0 Å². The van der Waals surface area contributed by atoms with Gasteiger partial charge in [0, 0.05) is 32.9 Å². The van der Waals surface area contributed by atoms with Gasteiger partial charge in [-0.15, -0.1) is 0 Å². The van der Waals surface area contributed by atoms with Crippen LogP contribution in [0.25, 0.3) is 10.9 Å². The standard InChI is InChI=1S/C15H19ClN2S/c1-9(19-2)7-14-15-11(5-6-17-14)12-8-10(16)3-4-13(12)18-15/h3-4,8-9,14,17-18H,5-7H2,1-2H3. The Labute approximate surface area is 123 Å². The average molecular weight is 295 g/mol. The molecule has 2 heterocycles. The minimum Gasteiger partial charge on any atom is -0.357 e. The number of benzene rings is 1. The third kappa shape index (κ3) is 2.51. The van der Waals surface area contributed by atoms with E-state index in [4.69, 9.17) is 11.6 Å². The van der Waals surface area contributed by atoms with Crippen molar-refractivity contribution in [1.29, 1.82) is 0 Å². The average Bonchev–Trinajstić information content (AvgIpc) is 2.78. The largest absolute Gasteiger partial charge is 0.357 e. The van der Waals surface area contributed by atoms with Crippen LogP contribution in [0.1, 0.15) is 30.6 Å². The molecule has 3 rings (SSSR count). The summed E-state index contributed by atoms with van der Waals surface area (Å²) in [5.41, 5.74) is 4.03. The second-order valence-electron chi connectivity index (χ2n) is 5.25. The molecule has 0 saturated carbocycles. The molecule has 2 N–H and O–H groups in total. The molecule has 1 aromatic heterocycles. The zero-order valence-corrected chi connectivity index (χ0v) is 12.9. The Hall–Kier alpha value is -0.640. The zero-order chi connectivity index (χ0) is 13.4. The molecule has 0 saturated heterocycles. The second-order valence-corrected chi connectivity index (χ2v) is 6.96. The number of thioether (sulfide) groups is 1. The Morgan fingerprint density at radius 3 is 3.11 bits per heavy atom. The lowest BCUT2D eigenvalue weighted by Crippen LogP contribution is -2.31. The quantitative estimate of drug-likeness (QED) is 0.890. The molecule has 1 aromatic carbocycles. The third-order valence-corrected chi connectivity index (χ3v) is 5.22. The maximum absolute atomic E-state index is 6.13. The van der Waals surface area contributed by atoms with Crippen LogP contribution in [0.5, 0.6) is 0 Å². The van der Waals surface area contributed by atoms with Crippen molar-refractivity contribution in [1.82, 2.24) is 10.3 Å². The lowest BCUT2D eigenvalue weighted by Gasteiger charge is -2.26. The van der Waals surface area contributed by atoms with Crippen molar-refractivity contribution in [3.05, 3.63) is 34.5 Å². The molecule has 1 aliphatic rings. The van der Waals surface area contributed by atoms with Crippen molar-refractivity contribution in [2.45, 2.75) is 31.1 Å². The topological polar surface area (TPSA) is 27.8 Å². The summed E-state index contributed by atoms with van der Waals surface area (Å²) in [7, 11) is 0. The van der Waals surface area contributed by atoms with Gasteiger partial charge < -0.3 is 10.3 Å². The summed E-state index contributed by atoms with van der Waals surface area (Å²) in [6.45, 7) is 3.35. The number of hydrogen-bond acceptors (Lipinski definition) is 2. The number of fused-ring (bicyclic) bond motifs is 3. The van der Waals surface area contributed by atoms with Crippen LogP contribution in [0.4, 0.5) is 0 Å².